The Bertz CT molecular complexity index is 663. The van der Waals surface area contributed by atoms with E-state index in [2.05, 4.69) is 18.3 Å². The van der Waals surface area contributed by atoms with Gasteiger partial charge < -0.3 is 0 Å². The number of sulfonamides is 1. The van der Waals surface area contributed by atoms with Crippen molar-refractivity contribution >= 4 is 29.4 Å². The summed E-state index contributed by atoms with van der Waals surface area (Å²) < 4.78 is 50.9. The van der Waals surface area contributed by atoms with Crippen molar-refractivity contribution in [2.75, 3.05) is 13.2 Å². The summed E-state index contributed by atoms with van der Waals surface area (Å²) in [7, 11) is -8.04. The molecule has 0 unspecified atom stereocenters. The Balaban J connectivity index is 2.75. The van der Waals surface area contributed by atoms with Gasteiger partial charge in [-0.2, -0.15) is 0 Å². The van der Waals surface area contributed by atoms with Gasteiger partial charge >= 0.3 is 7.75 Å². The summed E-state index contributed by atoms with van der Waals surface area (Å²) in [6.07, 6.45) is 7.46. The van der Waals surface area contributed by atoms with Gasteiger partial charge in [0.05, 0.1) is 18.1 Å². The van der Waals surface area contributed by atoms with Crippen molar-refractivity contribution in [1.82, 2.24) is 4.49 Å². The van der Waals surface area contributed by atoms with Gasteiger partial charge in [0.2, 0.25) is 10.0 Å². The second-order valence-electron chi connectivity index (χ2n) is 6.33. The molecule has 0 spiro atoms. The molecule has 156 valence electrons. The van der Waals surface area contributed by atoms with Crippen molar-refractivity contribution in [3.63, 3.8) is 0 Å². The summed E-state index contributed by atoms with van der Waals surface area (Å²) in [6.45, 7) is 4.53. The molecule has 0 aliphatic heterocycles. The molecule has 1 N–H and O–H groups in total. The maximum absolute atomic E-state index is 13.0. The van der Waals surface area contributed by atoms with Crippen LogP contribution in [0.5, 0.6) is 0 Å². The van der Waals surface area contributed by atoms with Gasteiger partial charge in [-0.15, -0.1) is 4.49 Å². The van der Waals surface area contributed by atoms with Crippen molar-refractivity contribution in [3.8, 4) is 0 Å². The third-order valence-electron chi connectivity index (χ3n) is 3.87. The molecule has 9 heteroatoms. The molecular formula is C18H31ClNO5PS. The molecule has 0 aromatic heterocycles. The molecule has 0 saturated carbocycles. The van der Waals surface area contributed by atoms with Gasteiger partial charge in [-0.25, -0.2) is 13.0 Å². The first kappa shape index (κ1) is 24.6. The van der Waals surface area contributed by atoms with Crippen LogP contribution in [0.1, 0.15) is 65.2 Å². The van der Waals surface area contributed by atoms with Crippen LogP contribution in [0.3, 0.4) is 0 Å². The summed E-state index contributed by atoms with van der Waals surface area (Å²) in [4.78, 5) is -0.0451. The number of benzene rings is 1. The molecule has 0 saturated heterocycles. The van der Waals surface area contributed by atoms with E-state index < -0.39 is 17.8 Å². The van der Waals surface area contributed by atoms with E-state index in [-0.39, 0.29) is 18.1 Å². The highest BCUT2D eigenvalue weighted by atomic mass is 35.5. The quantitative estimate of drug-likeness (QED) is 0.271. The molecular weight excluding hydrogens is 409 g/mol. The zero-order valence-corrected chi connectivity index (χ0v) is 18.6. The normalized spacial score (nSPS) is 12.4. The van der Waals surface area contributed by atoms with Crippen LogP contribution in [0.2, 0.25) is 5.02 Å². The lowest BCUT2D eigenvalue weighted by atomic mass is 10.2. The van der Waals surface area contributed by atoms with Crippen molar-refractivity contribution in [2.24, 2.45) is 0 Å². The fourth-order valence-corrected chi connectivity index (χ4v) is 5.79. The minimum Gasteiger partial charge on any atom is -0.296 e. The Kier molecular flexibility index (Phi) is 11.8. The first-order valence-corrected chi connectivity index (χ1v) is 12.9. The monoisotopic (exact) mass is 439 g/mol. The molecule has 1 rings (SSSR count). The largest absolute Gasteiger partial charge is 0.419 e. The Labute approximate surface area is 168 Å². The van der Waals surface area contributed by atoms with Crippen LogP contribution in [-0.2, 0) is 23.6 Å². The van der Waals surface area contributed by atoms with Crippen molar-refractivity contribution in [1.29, 1.82) is 0 Å². The first-order chi connectivity index (χ1) is 12.8. The van der Waals surface area contributed by atoms with E-state index in [4.69, 9.17) is 20.6 Å². The van der Waals surface area contributed by atoms with Gasteiger partial charge in [0.1, 0.15) is 0 Å². The summed E-state index contributed by atoms with van der Waals surface area (Å²) in [6, 6.07) is 5.60. The summed E-state index contributed by atoms with van der Waals surface area (Å²) in [5.74, 6) is 0. The lowest BCUT2D eigenvalue weighted by Crippen LogP contribution is -2.24. The Morgan fingerprint density at radius 1 is 0.889 bits per heavy atom. The number of halogens is 1. The Morgan fingerprint density at radius 3 is 1.81 bits per heavy atom. The minimum absolute atomic E-state index is 0.0451. The highest BCUT2D eigenvalue weighted by molar-refractivity contribution is 7.94. The molecule has 0 aliphatic carbocycles. The zero-order chi connectivity index (χ0) is 20.2. The zero-order valence-electron chi connectivity index (χ0n) is 16.2. The van der Waals surface area contributed by atoms with E-state index in [1.807, 2.05) is 0 Å². The molecule has 0 radical (unpaired) electrons. The standard InChI is InChI=1S/C18H31ClNO5PS/c1-3-5-7-9-15-24-26(21,25-16-10-8-6-4-2)20-27(22,23)18-13-11-17(19)12-14-18/h11-14H,3-10,15-16H2,1-2H3,(H,20,21). The van der Waals surface area contributed by atoms with Crippen LogP contribution in [0, 0.1) is 0 Å². The smallest absolute Gasteiger partial charge is 0.296 e. The molecule has 0 aliphatic rings. The lowest BCUT2D eigenvalue weighted by Gasteiger charge is -2.19. The molecule has 6 nitrogen and oxygen atoms in total. The van der Waals surface area contributed by atoms with Crippen LogP contribution in [0.25, 0.3) is 0 Å². The summed E-state index contributed by atoms with van der Waals surface area (Å²) >= 11 is 5.80. The topological polar surface area (TPSA) is 81.7 Å². The van der Waals surface area contributed by atoms with Gasteiger partial charge in [0, 0.05) is 5.02 Å². The molecule has 0 atom stereocenters. The van der Waals surface area contributed by atoms with Gasteiger partial charge in [-0.3, -0.25) is 9.05 Å². The van der Waals surface area contributed by atoms with Crippen LogP contribution < -0.4 is 4.49 Å². The van der Waals surface area contributed by atoms with E-state index in [1.54, 1.807) is 0 Å². The number of rotatable bonds is 15. The van der Waals surface area contributed by atoms with Crippen LogP contribution in [0.15, 0.2) is 29.2 Å². The van der Waals surface area contributed by atoms with Crippen molar-refractivity contribution < 1.29 is 22.0 Å². The second kappa shape index (κ2) is 12.9. The predicted octanol–water partition coefficient (Wildman–Crippen LogP) is 5.92. The molecule has 1 aromatic carbocycles. The van der Waals surface area contributed by atoms with E-state index in [1.165, 1.54) is 24.3 Å². The van der Waals surface area contributed by atoms with Gasteiger partial charge in [0.25, 0.3) is 0 Å². The fourth-order valence-electron chi connectivity index (χ4n) is 2.33. The number of unbranched alkanes of at least 4 members (excludes halogenated alkanes) is 6. The molecule has 0 heterocycles. The Hall–Kier alpha value is -0.430. The first-order valence-electron chi connectivity index (χ1n) is 9.51. The highest BCUT2D eigenvalue weighted by Crippen LogP contribution is 2.45. The molecule has 0 bridgehead atoms. The third kappa shape index (κ3) is 10.1. The third-order valence-corrected chi connectivity index (χ3v) is 7.92. The average Bonchev–Trinajstić information content (AvgIpc) is 2.61. The van der Waals surface area contributed by atoms with Crippen molar-refractivity contribution in [2.45, 2.75) is 70.1 Å². The maximum Gasteiger partial charge on any atom is 0.419 e. The highest BCUT2D eigenvalue weighted by Gasteiger charge is 2.32. The van der Waals surface area contributed by atoms with Crippen LogP contribution in [0.4, 0.5) is 0 Å². The molecule has 1 aromatic rings. The molecule has 0 amide bonds. The minimum atomic E-state index is -4.05. The number of hydrogen-bond acceptors (Lipinski definition) is 5. The Morgan fingerprint density at radius 2 is 1.37 bits per heavy atom. The maximum atomic E-state index is 13.0. The molecule has 27 heavy (non-hydrogen) atoms. The van der Waals surface area contributed by atoms with Crippen LogP contribution >= 0.6 is 19.3 Å². The van der Waals surface area contributed by atoms with E-state index in [0.29, 0.717) is 17.9 Å². The van der Waals surface area contributed by atoms with Crippen LogP contribution in [-0.4, -0.2) is 21.6 Å². The second-order valence-corrected chi connectivity index (χ2v) is 10.5. The van der Waals surface area contributed by atoms with E-state index >= 15 is 0 Å². The molecule has 0 fully saturated rings. The summed E-state index contributed by atoms with van der Waals surface area (Å²) in [5, 5.41) is 0.413. The van der Waals surface area contributed by atoms with E-state index in [9.17, 15) is 13.0 Å². The van der Waals surface area contributed by atoms with Crippen molar-refractivity contribution in [3.05, 3.63) is 29.3 Å². The lowest BCUT2D eigenvalue weighted by molar-refractivity contribution is 0.194. The van der Waals surface area contributed by atoms with Gasteiger partial charge in [0.15, 0.2) is 0 Å². The number of nitrogens with one attached hydrogen (secondary N) is 1. The average molecular weight is 440 g/mol. The predicted molar refractivity (Wildman–Crippen MR) is 110 cm³/mol. The number of hydrogen-bond donors (Lipinski definition) is 1. The SMILES string of the molecule is CCCCCCOP(=O)(NS(=O)(=O)c1ccc(Cl)cc1)OCCCCCC. The van der Waals surface area contributed by atoms with E-state index in [0.717, 1.165) is 38.5 Å². The summed E-state index contributed by atoms with van der Waals surface area (Å²) in [5.41, 5.74) is 0. The van der Waals surface area contributed by atoms with Gasteiger partial charge in [-0.1, -0.05) is 64.0 Å². The van der Waals surface area contributed by atoms with Gasteiger partial charge in [-0.05, 0) is 37.1 Å². The fraction of sp³-hybridized carbons (Fsp3) is 0.667.